The Bertz CT molecular complexity index is 1430. The van der Waals surface area contributed by atoms with Gasteiger partial charge in [0.2, 0.25) is 18.6 Å². The van der Waals surface area contributed by atoms with E-state index in [2.05, 4.69) is 26.2 Å². The molecule has 0 radical (unpaired) electrons. The number of amides is 2. The van der Waals surface area contributed by atoms with E-state index in [-0.39, 0.29) is 36.5 Å². The molecule has 196 valence electrons. The van der Waals surface area contributed by atoms with Crippen LogP contribution in [0.25, 0.3) is 0 Å². The number of hydrogen-bond acceptors (Lipinski definition) is 6. The summed E-state index contributed by atoms with van der Waals surface area (Å²) in [4.78, 5) is 31.6. The van der Waals surface area contributed by atoms with Crippen molar-refractivity contribution in [1.29, 1.82) is 0 Å². The van der Waals surface area contributed by atoms with E-state index < -0.39 is 22.9 Å². The molecule has 1 atom stereocenters. The number of nitrogens with zero attached hydrogens (tertiary/aromatic N) is 2. The van der Waals surface area contributed by atoms with Gasteiger partial charge in [-0.1, -0.05) is 45.9 Å². The topological polar surface area (TPSA) is 80.2 Å². The molecule has 0 bridgehead atoms. The van der Waals surface area contributed by atoms with Gasteiger partial charge in [-0.3, -0.25) is 14.6 Å². The molecule has 1 unspecified atom stereocenters. The molecule has 38 heavy (non-hydrogen) atoms. The van der Waals surface area contributed by atoms with Crippen LogP contribution in [0.2, 0.25) is 0 Å². The van der Waals surface area contributed by atoms with Gasteiger partial charge >= 0.3 is 6.18 Å². The molecule has 2 amide bonds. The van der Waals surface area contributed by atoms with Crippen LogP contribution < -0.4 is 19.7 Å². The average molecular weight is 606 g/mol. The van der Waals surface area contributed by atoms with Crippen LogP contribution >= 0.6 is 27.7 Å². The highest BCUT2D eigenvalue weighted by Crippen LogP contribution is 2.35. The molecule has 1 saturated heterocycles. The summed E-state index contributed by atoms with van der Waals surface area (Å²) in [6.07, 6.45) is -4.60. The molecule has 0 aliphatic carbocycles. The zero-order chi connectivity index (χ0) is 26.9. The Labute approximate surface area is 228 Å². The maximum absolute atomic E-state index is 13.3. The molecule has 0 saturated carbocycles. The van der Waals surface area contributed by atoms with E-state index in [1.54, 1.807) is 42.5 Å². The molecule has 2 aliphatic heterocycles. The van der Waals surface area contributed by atoms with Crippen LogP contribution in [-0.2, 0) is 22.3 Å². The quantitative estimate of drug-likeness (QED) is 0.211. The Morgan fingerprint density at radius 1 is 1.05 bits per heavy atom. The molecule has 5 rings (SSSR count). The highest BCUT2D eigenvalue weighted by Gasteiger charge is 2.41. The molecule has 1 fully saturated rings. The summed E-state index contributed by atoms with van der Waals surface area (Å²) in [5.74, 6) is 0.371. The molecule has 3 aromatic carbocycles. The minimum atomic E-state index is -4.52. The normalized spacial score (nSPS) is 17.3. The zero-order valence-corrected chi connectivity index (χ0v) is 21.9. The van der Waals surface area contributed by atoms with Gasteiger partial charge in [0.1, 0.15) is 5.25 Å². The van der Waals surface area contributed by atoms with Crippen molar-refractivity contribution in [2.75, 3.05) is 17.0 Å². The maximum Gasteiger partial charge on any atom is 0.416 e. The lowest BCUT2D eigenvalue weighted by Crippen LogP contribution is -2.31. The van der Waals surface area contributed by atoms with Gasteiger partial charge in [-0.25, -0.2) is 4.90 Å². The van der Waals surface area contributed by atoms with E-state index >= 15 is 0 Å². The average Bonchev–Trinajstić information content (AvgIpc) is 3.45. The minimum Gasteiger partial charge on any atom is -0.454 e. The maximum atomic E-state index is 13.3. The van der Waals surface area contributed by atoms with E-state index in [0.717, 1.165) is 34.4 Å². The summed E-state index contributed by atoms with van der Waals surface area (Å²) >= 11 is 4.34. The van der Waals surface area contributed by atoms with Crippen LogP contribution in [0.15, 0.2) is 76.2 Å². The predicted molar refractivity (Wildman–Crippen MR) is 141 cm³/mol. The largest absolute Gasteiger partial charge is 0.454 e. The third kappa shape index (κ3) is 5.81. The highest BCUT2D eigenvalue weighted by atomic mass is 79.9. The number of amidine groups is 1. The molecule has 7 nitrogen and oxygen atoms in total. The lowest BCUT2D eigenvalue weighted by molar-refractivity contribution is -0.137. The van der Waals surface area contributed by atoms with Crippen LogP contribution in [-0.4, -0.2) is 29.0 Å². The molecule has 1 N–H and O–H groups in total. The lowest BCUT2D eigenvalue weighted by Gasteiger charge is -2.16. The smallest absolute Gasteiger partial charge is 0.416 e. The highest BCUT2D eigenvalue weighted by molar-refractivity contribution is 9.10. The lowest BCUT2D eigenvalue weighted by atomic mass is 10.2. The number of carbonyl (C=O) groups is 2. The van der Waals surface area contributed by atoms with Crippen molar-refractivity contribution in [3.8, 4) is 11.5 Å². The second-order valence-electron chi connectivity index (χ2n) is 8.37. The standard InChI is InChI=1S/C26H19BrF3N3O4S/c27-17-4-2-6-19(11-17)33-23(34)12-22(24(33)35)38-25(32-18-5-1-3-16(10-18)26(28,29)30)31-13-15-7-8-20-21(9-15)37-14-36-20/h1-11,22H,12-14H2,(H,31,32). The second-order valence-corrected chi connectivity index (χ2v) is 10.5. The number of thioether (sulfide) groups is 1. The van der Waals surface area contributed by atoms with Gasteiger partial charge in [0.05, 0.1) is 17.8 Å². The fraction of sp³-hybridized carbons (Fsp3) is 0.192. The molecule has 12 heteroatoms. The molecule has 3 aromatic rings. The molecule has 2 heterocycles. The molecule has 0 spiro atoms. The van der Waals surface area contributed by atoms with Crippen molar-refractivity contribution in [1.82, 2.24) is 0 Å². The Hall–Kier alpha value is -3.51. The monoisotopic (exact) mass is 605 g/mol. The Morgan fingerprint density at radius 3 is 2.63 bits per heavy atom. The molecular weight excluding hydrogens is 587 g/mol. The van der Waals surface area contributed by atoms with Gasteiger partial charge in [-0.15, -0.1) is 0 Å². The van der Waals surface area contributed by atoms with Crippen LogP contribution in [0.4, 0.5) is 24.5 Å². The number of alkyl halides is 3. The van der Waals surface area contributed by atoms with Crippen LogP contribution in [0.1, 0.15) is 17.5 Å². The van der Waals surface area contributed by atoms with Gasteiger partial charge in [0.15, 0.2) is 16.7 Å². The second kappa shape index (κ2) is 10.7. The molecule has 2 aliphatic rings. The number of hydrogen-bond donors (Lipinski definition) is 1. The summed E-state index contributed by atoms with van der Waals surface area (Å²) in [6, 6.07) is 16.8. The third-order valence-corrected chi connectivity index (χ3v) is 7.31. The number of anilines is 2. The van der Waals surface area contributed by atoms with Gasteiger partial charge < -0.3 is 14.8 Å². The van der Waals surface area contributed by atoms with E-state index in [1.807, 2.05) is 0 Å². The van der Waals surface area contributed by atoms with Gasteiger partial charge in [-0.2, -0.15) is 13.2 Å². The summed E-state index contributed by atoms with van der Waals surface area (Å²) in [6.45, 7) is 0.266. The number of halogens is 4. The first-order valence-electron chi connectivity index (χ1n) is 11.3. The Balaban J connectivity index is 1.40. The van der Waals surface area contributed by atoms with Crippen molar-refractivity contribution < 1.29 is 32.2 Å². The Kier molecular flexibility index (Phi) is 7.35. The van der Waals surface area contributed by atoms with E-state index in [9.17, 15) is 22.8 Å². The molecule has 0 aromatic heterocycles. The van der Waals surface area contributed by atoms with E-state index in [0.29, 0.717) is 21.7 Å². The number of aliphatic imine (C=N–C) groups is 1. The molecular formula is C26H19BrF3N3O4S. The van der Waals surface area contributed by atoms with Crippen LogP contribution in [0, 0.1) is 0 Å². The van der Waals surface area contributed by atoms with Crippen molar-refractivity contribution in [2.45, 2.75) is 24.4 Å². The number of imide groups is 1. The van der Waals surface area contributed by atoms with Crippen molar-refractivity contribution in [3.63, 3.8) is 0 Å². The van der Waals surface area contributed by atoms with Crippen molar-refractivity contribution >= 4 is 56.0 Å². The fourth-order valence-electron chi connectivity index (χ4n) is 3.92. The van der Waals surface area contributed by atoms with Crippen LogP contribution in [0.5, 0.6) is 11.5 Å². The predicted octanol–water partition coefficient (Wildman–Crippen LogP) is 6.23. The number of benzene rings is 3. The van der Waals surface area contributed by atoms with Crippen LogP contribution in [0.3, 0.4) is 0 Å². The number of carbonyl (C=O) groups excluding carboxylic acids is 2. The SMILES string of the molecule is O=C1CC(SC(=NCc2ccc3c(c2)OCO3)Nc2cccc(C(F)(F)F)c2)C(=O)N1c1cccc(Br)c1. The number of ether oxygens (including phenoxy) is 2. The number of nitrogens with one attached hydrogen (secondary N) is 1. The number of fused-ring (bicyclic) bond motifs is 1. The van der Waals surface area contributed by atoms with Gasteiger partial charge in [0, 0.05) is 16.6 Å². The summed E-state index contributed by atoms with van der Waals surface area (Å²) < 4.78 is 51.2. The number of rotatable bonds is 5. The first-order valence-corrected chi connectivity index (χ1v) is 13.0. The van der Waals surface area contributed by atoms with Gasteiger partial charge in [-0.05, 0) is 54.1 Å². The zero-order valence-electron chi connectivity index (χ0n) is 19.5. The Morgan fingerprint density at radius 2 is 1.84 bits per heavy atom. The summed E-state index contributed by atoms with van der Waals surface area (Å²) in [7, 11) is 0. The van der Waals surface area contributed by atoms with Crippen molar-refractivity contribution in [2.24, 2.45) is 4.99 Å². The third-order valence-electron chi connectivity index (χ3n) is 5.71. The summed E-state index contributed by atoms with van der Waals surface area (Å²) in [5, 5.41) is 2.30. The fourth-order valence-corrected chi connectivity index (χ4v) is 5.33. The first-order chi connectivity index (χ1) is 18.2. The van der Waals surface area contributed by atoms with E-state index in [1.165, 1.54) is 12.1 Å². The van der Waals surface area contributed by atoms with Gasteiger partial charge in [0.25, 0.3) is 0 Å². The van der Waals surface area contributed by atoms with Crippen molar-refractivity contribution in [3.05, 3.63) is 82.3 Å². The van der Waals surface area contributed by atoms with E-state index in [4.69, 9.17) is 9.47 Å². The minimum absolute atomic E-state index is 0.0800. The summed E-state index contributed by atoms with van der Waals surface area (Å²) in [5.41, 5.74) is 0.526. The first kappa shape index (κ1) is 26.1.